The number of anilines is 1. The number of hydrazone groups is 1. The summed E-state index contributed by atoms with van der Waals surface area (Å²) in [5, 5.41) is 6.72. The molecular formula is C19H21N3O2. The average molecular weight is 323 g/mol. The number of benzene rings is 2. The van der Waals surface area contributed by atoms with E-state index >= 15 is 0 Å². The average Bonchev–Trinajstić information content (AvgIpc) is 2.57. The topological polar surface area (TPSA) is 70.6 Å². The van der Waals surface area contributed by atoms with Crippen molar-refractivity contribution in [1.29, 1.82) is 0 Å². The molecule has 0 saturated heterocycles. The quantitative estimate of drug-likeness (QED) is 0.654. The number of nitrogens with one attached hydrogen (secondary N) is 2. The number of hydrogen-bond acceptors (Lipinski definition) is 3. The van der Waals surface area contributed by atoms with Crippen molar-refractivity contribution in [2.45, 2.75) is 20.8 Å². The molecule has 0 aromatic heterocycles. The van der Waals surface area contributed by atoms with E-state index in [2.05, 4.69) is 15.8 Å². The number of aryl methyl sites for hydroxylation is 1. The van der Waals surface area contributed by atoms with Gasteiger partial charge in [-0.05, 0) is 36.8 Å². The predicted molar refractivity (Wildman–Crippen MR) is 96.1 cm³/mol. The molecule has 2 rings (SSSR count). The summed E-state index contributed by atoms with van der Waals surface area (Å²) in [4.78, 5) is 23.6. The second-order valence-corrected chi connectivity index (χ2v) is 5.83. The molecular weight excluding hydrogens is 302 g/mol. The highest BCUT2D eigenvalue weighted by molar-refractivity contribution is 5.96. The first-order valence-corrected chi connectivity index (χ1v) is 7.76. The van der Waals surface area contributed by atoms with E-state index in [1.54, 1.807) is 30.5 Å². The summed E-state index contributed by atoms with van der Waals surface area (Å²) in [5.41, 5.74) is 5.69. The van der Waals surface area contributed by atoms with Crippen LogP contribution in [0.3, 0.4) is 0 Å². The summed E-state index contributed by atoms with van der Waals surface area (Å²) in [6.07, 6.45) is 1.59. The van der Waals surface area contributed by atoms with Crippen molar-refractivity contribution in [3.63, 3.8) is 0 Å². The van der Waals surface area contributed by atoms with Crippen LogP contribution in [0.4, 0.5) is 5.69 Å². The number of amides is 2. The number of carbonyl (C=O) groups is 2. The largest absolute Gasteiger partial charge is 0.326 e. The molecule has 5 nitrogen and oxygen atoms in total. The van der Waals surface area contributed by atoms with Crippen molar-refractivity contribution in [3.8, 4) is 0 Å². The van der Waals surface area contributed by atoms with E-state index in [4.69, 9.17) is 0 Å². The highest BCUT2D eigenvalue weighted by atomic mass is 16.2. The standard InChI is InChI=1S/C19H21N3O2/c1-13(2)18(23)21-17-10-8-16(9-11-17)19(24)22-20-12-15-6-4-14(3)5-7-15/h4-13H,1-3H3,(H,21,23)(H,22,24). The molecule has 2 aromatic carbocycles. The van der Waals surface area contributed by atoms with Crippen molar-refractivity contribution >= 4 is 23.7 Å². The summed E-state index contributed by atoms with van der Waals surface area (Å²) in [5.74, 6) is -0.459. The lowest BCUT2D eigenvalue weighted by Crippen LogP contribution is -2.19. The van der Waals surface area contributed by atoms with Crippen LogP contribution < -0.4 is 10.7 Å². The van der Waals surface area contributed by atoms with Crippen molar-refractivity contribution in [2.75, 3.05) is 5.32 Å². The van der Waals surface area contributed by atoms with Crippen molar-refractivity contribution in [1.82, 2.24) is 5.43 Å². The second kappa shape index (κ2) is 8.06. The van der Waals surface area contributed by atoms with E-state index in [-0.39, 0.29) is 17.7 Å². The Morgan fingerprint density at radius 3 is 2.21 bits per heavy atom. The first kappa shape index (κ1) is 17.4. The van der Waals surface area contributed by atoms with Gasteiger partial charge in [0, 0.05) is 17.2 Å². The van der Waals surface area contributed by atoms with Gasteiger partial charge in [-0.15, -0.1) is 0 Å². The highest BCUT2D eigenvalue weighted by Crippen LogP contribution is 2.11. The number of carbonyl (C=O) groups excluding carboxylic acids is 2. The van der Waals surface area contributed by atoms with E-state index < -0.39 is 0 Å². The van der Waals surface area contributed by atoms with Crippen LogP contribution in [0.15, 0.2) is 53.6 Å². The van der Waals surface area contributed by atoms with E-state index in [0.29, 0.717) is 11.3 Å². The van der Waals surface area contributed by atoms with Gasteiger partial charge in [0.15, 0.2) is 0 Å². The number of nitrogens with zero attached hydrogens (tertiary/aromatic N) is 1. The predicted octanol–water partition coefficient (Wildman–Crippen LogP) is 3.35. The van der Waals surface area contributed by atoms with Crippen molar-refractivity contribution < 1.29 is 9.59 Å². The Kier molecular flexibility index (Phi) is 5.84. The van der Waals surface area contributed by atoms with Gasteiger partial charge in [0.1, 0.15) is 0 Å². The monoisotopic (exact) mass is 323 g/mol. The number of hydrogen-bond donors (Lipinski definition) is 2. The van der Waals surface area contributed by atoms with Gasteiger partial charge in [0.05, 0.1) is 6.21 Å². The van der Waals surface area contributed by atoms with Gasteiger partial charge in [-0.3, -0.25) is 9.59 Å². The lowest BCUT2D eigenvalue weighted by molar-refractivity contribution is -0.118. The van der Waals surface area contributed by atoms with E-state index in [1.807, 2.05) is 45.0 Å². The molecule has 0 heterocycles. The third-order valence-corrected chi connectivity index (χ3v) is 3.40. The minimum absolute atomic E-state index is 0.0603. The lowest BCUT2D eigenvalue weighted by atomic mass is 10.1. The Bertz CT molecular complexity index is 732. The molecule has 0 atom stereocenters. The van der Waals surface area contributed by atoms with E-state index in [1.165, 1.54) is 5.56 Å². The third-order valence-electron chi connectivity index (χ3n) is 3.40. The van der Waals surface area contributed by atoms with Crippen LogP contribution >= 0.6 is 0 Å². The van der Waals surface area contributed by atoms with Gasteiger partial charge < -0.3 is 5.32 Å². The smallest absolute Gasteiger partial charge is 0.271 e. The van der Waals surface area contributed by atoms with Gasteiger partial charge in [0.2, 0.25) is 5.91 Å². The van der Waals surface area contributed by atoms with Crippen LogP contribution in [0.2, 0.25) is 0 Å². The van der Waals surface area contributed by atoms with Gasteiger partial charge in [0.25, 0.3) is 5.91 Å². The summed E-state index contributed by atoms with van der Waals surface area (Å²) < 4.78 is 0. The maximum atomic E-state index is 12.0. The fourth-order valence-electron chi connectivity index (χ4n) is 1.87. The van der Waals surface area contributed by atoms with Gasteiger partial charge in [-0.25, -0.2) is 5.43 Å². The first-order chi connectivity index (χ1) is 11.5. The van der Waals surface area contributed by atoms with Crippen molar-refractivity contribution in [3.05, 3.63) is 65.2 Å². The zero-order valence-electron chi connectivity index (χ0n) is 14.0. The Hall–Kier alpha value is -2.95. The SMILES string of the molecule is Cc1ccc(C=NNC(=O)c2ccc(NC(=O)C(C)C)cc2)cc1. The summed E-state index contributed by atoms with van der Waals surface area (Å²) >= 11 is 0. The van der Waals surface area contributed by atoms with Gasteiger partial charge in [-0.1, -0.05) is 43.7 Å². The maximum absolute atomic E-state index is 12.0. The van der Waals surface area contributed by atoms with Crippen LogP contribution in [0, 0.1) is 12.8 Å². The zero-order chi connectivity index (χ0) is 17.5. The molecule has 2 amide bonds. The third kappa shape index (κ3) is 5.05. The molecule has 0 saturated carbocycles. The minimum Gasteiger partial charge on any atom is -0.326 e. The minimum atomic E-state index is -0.305. The van der Waals surface area contributed by atoms with Gasteiger partial charge >= 0.3 is 0 Å². The Labute approximate surface area is 141 Å². The molecule has 0 fully saturated rings. The Morgan fingerprint density at radius 2 is 1.62 bits per heavy atom. The van der Waals surface area contributed by atoms with Crippen LogP contribution in [-0.4, -0.2) is 18.0 Å². The van der Waals surface area contributed by atoms with Crippen molar-refractivity contribution in [2.24, 2.45) is 11.0 Å². The molecule has 24 heavy (non-hydrogen) atoms. The van der Waals surface area contributed by atoms with Crippen LogP contribution in [-0.2, 0) is 4.79 Å². The molecule has 0 unspecified atom stereocenters. The van der Waals surface area contributed by atoms with E-state index in [0.717, 1.165) is 5.56 Å². The maximum Gasteiger partial charge on any atom is 0.271 e. The fraction of sp³-hybridized carbons (Fsp3) is 0.211. The molecule has 124 valence electrons. The molecule has 2 aromatic rings. The molecule has 0 aliphatic carbocycles. The van der Waals surface area contributed by atoms with Crippen LogP contribution in [0.5, 0.6) is 0 Å². The fourth-order valence-corrected chi connectivity index (χ4v) is 1.87. The summed E-state index contributed by atoms with van der Waals surface area (Å²) in [6.45, 7) is 5.66. The Balaban J connectivity index is 1.92. The molecule has 0 spiro atoms. The zero-order valence-corrected chi connectivity index (χ0v) is 14.0. The van der Waals surface area contributed by atoms with Crippen LogP contribution in [0.1, 0.15) is 35.3 Å². The second-order valence-electron chi connectivity index (χ2n) is 5.83. The lowest BCUT2D eigenvalue weighted by Gasteiger charge is -2.08. The molecule has 0 radical (unpaired) electrons. The normalized spacial score (nSPS) is 10.8. The molecule has 0 aliphatic rings. The van der Waals surface area contributed by atoms with Gasteiger partial charge in [-0.2, -0.15) is 5.10 Å². The van der Waals surface area contributed by atoms with E-state index in [9.17, 15) is 9.59 Å². The molecule has 0 bridgehead atoms. The molecule has 0 aliphatic heterocycles. The van der Waals surface area contributed by atoms with Crippen LogP contribution in [0.25, 0.3) is 0 Å². The first-order valence-electron chi connectivity index (χ1n) is 7.76. The summed E-state index contributed by atoms with van der Waals surface area (Å²) in [7, 11) is 0. The Morgan fingerprint density at radius 1 is 1.00 bits per heavy atom. The molecule has 2 N–H and O–H groups in total. The molecule has 5 heteroatoms. The summed E-state index contributed by atoms with van der Waals surface area (Å²) in [6, 6.07) is 14.5. The number of rotatable bonds is 5. The highest BCUT2D eigenvalue weighted by Gasteiger charge is 2.08.